The number of anilines is 1. The number of ether oxygens (including phenoxy) is 2. The third kappa shape index (κ3) is 6.02. The summed E-state index contributed by atoms with van der Waals surface area (Å²) in [5.41, 5.74) is 1.25. The molecular weight excluding hydrogens is 346 g/mol. The number of amides is 1. The first-order valence-electron chi connectivity index (χ1n) is 8.88. The van der Waals surface area contributed by atoms with E-state index >= 15 is 0 Å². The molecule has 2 aromatic carbocycles. The van der Waals surface area contributed by atoms with Crippen LogP contribution in [0.15, 0.2) is 48.5 Å². The van der Waals surface area contributed by atoms with E-state index in [0.29, 0.717) is 24.3 Å². The van der Waals surface area contributed by atoms with E-state index in [-0.39, 0.29) is 12.3 Å². The molecule has 2 aromatic rings. The molecule has 0 saturated heterocycles. The van der Waals surface area contributed by atoms with Gasteiger partial charge in [0.25, 0.3) is 5.91 Å². The molecule has 1 amide bonds. The number of hydrogen-bond acceptors (Lipinski definition) is 4. The molecule has 0 heterocycles. The average Bonchev–Trinajstić information content (AvgIpc) is 2.69. The van der Waals surface area contributed by atoms with Crippen LogP contribution in [0.4, 0.5) is 5.69 Å². The smallest absolute Gasteiger partial charge is 0.303 e. The number of nitrogens with zero attached hydrogens (tertiary/aromatic N) is 1. The van der Waals surface area contributed by atoms with Crippen LogP contribution in [0.1, 0.15) is 36.0 Å². The van der Waals surface area contributed by atoms with Crippen LogP contribution in [0.25, 0.3) is 0 Å². The van der Waals surface area contributed by atoms with Gasteiger partial charge in [0.1, 0.15) is 11.5 Å². The Morgan fingerprint density at radius 3 is 2.37 bits per heavy atom. The van der Waals surface area contributed by atoms with Gasteiger partial charge in [-0.15, -0.1) is 0 Å². The van der Waals surface area contributed by atoms with E-state index in [2.05, 4.69) is 0 Å². The molecule has 144 valence electrons. The number of carbonyl (C=O) groups excluding carboxylic acids is 1. The monoisotopic (exact) mass is 371 g/mol. The van der Waals surface area contributed by atoms with Crippen molar-refractivity contribution in [1.82, 2.24) is 0 Å². The van der Waals surface area contributed by atoms with E-state index in [1.807, 2.05) is 30.3 Å². The number of unbranched alkanes of at least 4 members (excludes halogenated alkanes) is 2. The van der Waals surface area contributed by atoms with Crippen molar-refractivity contribution in [3.8, 4) is 11.5 Å². The van der Waals surface area contributed by atoms with E-state index in [4.69, 9.17) is 14.6 Å². The zero-order valence-electron chi connectivity index (χ0n) is 15.7. The fourth-order valence-corrected chi connectivity index (χ4v) is 2.63. The van der Waals surface area contributed by atoms with Crippen LogP contribution in [0.2, 0.25) is 0 Å². The third-order valence-electron chi connectivity index (χ3n) is 4.17. The fourth-order valence-electron chi connectivity index (χ4n) is 2.63. The van der Waals surface area contributed by atoms with Gasteiger partial charge in [0.05, 0.1) is 19.3 Å². The van der Waals surface area contributed by atoms with Gasteiger partial charge in [0.15, 0.2) is 0 Å². The molecule has 6 nitrogen and oxygen atoms in total. The SMILES string of the molecule is COc1ccccc1C(=O)N(C)c1ccc(OCCCCCC(=O)O)cc1. The number of hydrogen-bond donors (Lipinski definition) is 1. The van der Waals surface area contributed by atoms with Crippen molar-refractivity contribution < 1.29 is 24.2 Å². The van der Waals surface area contributed by atoms with Gasteiger partial charge in [-0.05, 0) is 55.7 Å². The highest BCUT2D eigenvalue weighted by Crippen LogP contribution is 2.24. The molecule has 0 aliphatic heterocycles. The Labute approximate surface area is 159 Å². The molecule has 0 fully saturated rings. The number of aliphatic carboxylic acids is 1. The lowest BCUT2D eigenvalue weighted by atomic mass is 10.1. The zero-order chi connectivity index (χ0) is 19.6. The van der Waals surface area contributed by atoms with Crippen LogP contribution >= 0.6 is 0 Å². The predicted molar refractivity (Wildman–Crippen MR) is 104 cm³/mol. The summed E-state index contributed by atoms with van der Waals surface area (Å²) in [6.45, 7) is 0.537. The molecule has 1 N–H and O–H groups in total. The Kier molecular flexibility index (Phi) is 7.67. The Morgan fingerprint density at radius 2 is 1.70 bits per heavy atom. The summed E-state index contributed by atoms with van der Waals surface area (Å²) >= 11 is 0. The van der Waals surface area contributed by atoms with Crippen LogP contribution in [-0.4, -0.2) is 37.7 Å². The number of para-hydroxylation sites is 1. The minimum Gasteiger partial charge on any atom is -0.496 e. The molecule has 0 spiro atoms. The Hall–Kier alpha value is -3.02. The Bertz CT molecular complexity index is 757. The average molecular weight is 371 g/mol. The molecule has 27 heavy (non-hydrogen) atoms. The molecule has 0 aliphatic rings. The summed E-state index contributed by atoms with van der Waals surface area (Å²) in [5.74, 6) is 0.338. The number of carboxylic acids is 1. The third-order valence-corrected chi connectivity index (χ3v) is 4.17. The first-order valence-corrected chi connectivity index (χ1v) is 8.88. The number of methoxy groups -OCH3 is 1. The van der Waals surface area contributed by atoms with Crippen molar-refractivity contribution in [1.29, 1.82) is 0 Å². The highest BCUT2D eigenvalue weighted by molar-refractivity contribution is 6.07. The van der Waals surface area contributed by atoms with E-state index in [1.54, 1.807) is 37.3 Å². The van der Waals surface area contributed by atoms with Crippen LogP contribution in [0.3, 0.4) is 0 Å². The molecule has 0 aliphatic carbocycles. The lowest BCUT2D eigenvalue weighted by Gasteiger charge is -2.19. The van der Waals surface area contributed by atoms with Gasteiger partial charge in [-0.25, -0.2) is 0 Å². The number of carboxylic acid groups (broad SMARTS) is 1. The van der Waals surface area contributed by atoms with Crippen molar-refractivity contribution >= 4 is 17.6 Å². The molecule has 6 heteroatoms. The van der Waals surface area contributed by atoms with Crippen molar-refractivity contribution in [2.75, 3.05) is 25.7 Å². The van der Waals surface area contributed by atoms with Gasteiger partial charge < -0.3 is 19.5 Å². The zero-order valence-corrected chi connectivity index (χ0v) is 15.7. The first-order chi connectivity index (χ1) is 13.0. The summed E-state index contributed by atoms with van der Waals surface area (Å²) in [5, 5.41) is 8.59. The van der Waals surface area contributed by atoms with Gasteiger partial charge in [0, 0.05) is 19.2 Å². The van der Waals surface area contributed by atoms with E-state index in [9.17, 15) is 9.59 Å². The summed E-state index contributed by atoms with van der Waals surface area (Å²) in [7, 11) is 3.26. The van der Waals surface area contributed by atoms with Gasteiger partial charge in [0.2, 0.25) is 0 Å². The molecular formula is C21H25NO5. The molecule has 0 unspecified atom stereocenters. The van der Waals surface area contributed by atoms with Crippen LogP contribution < -0.4 is 14.4 Å². The summed E-state index contributed by atoms with van der Waals surface area (Å²) in [6, 6.07) is 14.4. The van der Waals surface area contributed by atoms with E-state index in [0.717, 1.165) is 24.3 Å². The molecule has 0 radical (unpaired) electrons. The second-order valence-electron chi connectivity index (χ2n) is 6.11. The van der Waals surface area contributed by atoms with E-state index < -0.39 is 5.97 Å². The minimum absolute atomic E-state index is 0.153. The van der Waals surface area contributed by atoms with Gasteiger partial charge in [-0.3, -0.25) is 9.59 Å². The standard InChI is InChI=1S/C21H25NO5/c1-22(21(25)18-8-5-6-9-19(18)26-2)16-11-13-17(14-12-16)27-15-7-3-4-10-20(23)24/h5-6,8-9,11-14H,3-4,7,10,15H2,1-2H3,(H,23,24). The molecule has 0 saturated carbocycles. The highest BCUT2D eigenvalue weighted by Gasteiger charge is 2.17. The van der Waals surface area contributed by atoms with Gasteiger partial charge >= 0.3 is 5.97 Å². The van der Waals surface area contributed by atoms with E-state index in [1.165, 1.54) is 0 Å². The van der Waals surface area contributed by atoms with Crippen molar-refractivity contribution in [3.05, 3.63) is 54.1 Å². The van der Waals surface area contributed by atoms with Crippen LogP contribution in [-0.2, 0) is 4.79 Å². The largest absolute Gasteiger partial charge is 0.496 e. The topological polar surface area (TPSA) is 76.1 Å². The highest BCUT2D eigenvalue weighted by atomic mass is 16.5. The van der Waals surface area contributed by atoms with Crippen molar-refractivity contribution in [2.45, 2.75) is 25.7 Å². The van der Waals surface area contributed by atoms with Crippen LogP contribution in [0.5, 0.6) is 11.5 Å². The Balaban J connectivity index is 1.88. The molecule has 0 aromatic heterocycles. The summed E-state index contributed by atoms with van der Waals surface area (Å²) < 4.78 is 10.9. The lowest BCUT2D eigenvalue weighted by molar-refractivity contribution is -0.137. The maximum absolute atomic E-state index is 12.7. The Morgan fingerprint density at radius 1 is 1.00 bits per heavy atom. The van der Waals surface area contributed by atoms with Crippen LogP contribution in [0, 0.1) is 0 Å². The van der Waals surface area contributed by atoms with Gasteiger partial charge in [-0.1, -0.05) is 12.1 Å². The molecule has 0 bridgehead atoms. The summed E-state index contributed by atoms with van der Waals surface area (Å²) in [6.07, 6.45) is 2.48. The quantitative estimate of drug-likeness (QED) is 0.639. The lowest BCUT2D eigenvalue weighted by Crippen LogP contribution is -2.26. The maximum Gasteiger partial charge on any atom is 0.303 e. The number of benzene rings is 2. The van der Waals surface area contributed by atoms with Crippen molar-refractivity contribution in [2.24, 2.45) is 0 Å². The predicted octanol–water partition coefficient (Wildman–Crippen LogP) is 4.00. The summed E-state index contributed by atoms with van der Waals surface area (Å²) in [4.78, 5) is 24.7. The normalized spacial score (nSPS) is 10.3. The van der Waals surface area contributed by atoms with Gasteiger partial charge in [-0.2, -0.15) is 0 Å². The second kappa shape index (κ2) is 10.2. The van der Waals surface area contributed by atoms with Crippen molar-refractivity contribution in [3.63, 3.8) is 0 Å². The minimum atomic E-state index is -0.765. The maximum atomic E-state index is 12.7. The number of carbonyl (C=O) groups is 2. The second-order valence-corrected chi connectivity index (χ2v) is 6.11. The fraction of sp³-hybridized carbons (Fsp3) is 0.333. The molecule has 2 rings (SSSR count). The number of rotatable bonds is 10. The molecule has 0 atom stereocenters. The first kappa shape index (κ1) is 20.3.